The number of carboxylic acids is 2. The van der Waals surface area contributed by atoms with Gasteiger partial charge in [0.2, 0.25) is 0 Å². The molecule has 0 atom stereocenters. The summed E-state index contributed by atoms with van der Waals surface area (Å²) >= 11 is 0. The standard InChI is InChI=1S/C25H25N5O2.C13H12N2O2.C8H9NO2/c1-28(20-10-14-26-15-11-20)19-8-6-18(7-9-19)24(31)29-16-12-21(13-17-29)30-23-5-3-2-4-22(23)27-25(30)32;1-15(12-6-8-14-9-7-12)11-4-2-10(3-5-11)13(16)17;1-9-7-4-2-6(3-5-7)8(10)11/h2-11,14-15,21H,12-13,16-17H2,1H3,(H,27,32);2-9H,1H3,(H,16,17);2-5,9H,1H3,(H,10,11). The normalized spacial score (nSPS) is 12.3. The van der Waals surface area contributed by atoms with Crippen molar-refractivity contribution in [2.75, 3.05) is 49.3 Å². The van der Waals surface area contributed by atoms with Crippen molar-refractivity contribution in [3.05, 3.63) is 173 Å². The number of imidazole rings is 1. The Bertz CT molecular complexity index is 2550. The molecule has 7 aromatic rings. The van der Waals surface area contributed by atoms with E-state index in [1.807, 2.05) is 101 Å². The summed E-state index contributed by atoms with van der Waals surface area (Å²) in [6.07, 6.45) is 8.48. The molecule has 1 saturated heterocycles. The summed E-state index contributed by atoms with van der Waals surface area (Å²) in [6.45, 7) is 1.27. The number of carbonyl (C=O) groups is 3. The van der Waals surface area contributed by atoms with E-state index in [2.05, 4.69) is 25.2 Å². The van der Waals surface area contributed by atoms with Gasteiger partial charge in [0.05, 0.1) is 22.2 Å². The second-order valence-corrected chi connectivity index (χ2v) is 13.9. The molecule has 1 aliphatic heterocycles. The van der Waals surface area contributed by atoms with Gasteiger partial charge in [-0.05, 0) is 122 Å². The molecule has 0 unspecified atom stereocenters. The number of nitrogens with one attached hydrogen (secondary N) is 2. The number of fused-ring (bicyclic) bond motifs is 1. The van der Waals surface area contributed by atoms with Crippen LogP contribution in [-0.4, -0.2) is 86.7 Å². The van der Waals surface area contributed by atoms with Crippen LogP contribution in [-0.2, 0) is 0 Å². The lowest BCUT2D eigenvalue weighted by molar-refractivity contribution is 0.0686. The summed E-state index contributed by atoms with van der Waals surface area (Å²) < 4.78 is 1.85. The number of hydrogen-bond donors (Lipinski definition) is 4. The fourth-order valence-electron chi connectivity index (χ4n) is 6.81. The number of carbonyl (C=O) groups excluding carboxylic acids is 1. The van der Waals surface area contributed by atoms with Gasteiger partial charge in [0.15, 0.2) is 0 Å². The van der Waals surface area contributed by atoms with Crippen molar-refractivity contribution >= 4 is 57.3 Å². The van der Waals surface area contributed by atoms with Crippen LogP contribution in [0.25, 0.3) is 11.0 Å². The van der Waals surface area contributed by atoms with Crippen molar-refractivity contribution in [3.8, 4) is 0 Å². The van der Waals surface area contributed by atoms with Crippen molar-refractivity contribution < 1.29 is 24.6 Å². The summed E-state index contributed by atoms with van der Waals surface area (Å²) in [7, 11) is 5.70. The molecule has 1 amide bonds. The van der Waals surface area contributed by atoms with Crippen LogP contribution in [0.2, 0.25) is 0 Å². The van der Waals surface area contributed by atoms with Crippen LogP contribution in [0.1, 0.15) is 50.0 Å². The van der Waals surface area contributed by atoms with Gasteiger partial charge in [-0.3, -0.25) is 19.3 Å². The molecule has 306 valence electrons. The van der Waals surface area contributed by atoms with Gasteiger partial charge in [-0.2, -0.15) is 0 Å². The summed E-state index contributed by atoms with van der Waals surface area (Å²) in [4.78, 5) is 63.5. The number of amides is 1. The van der Waals surface area contributed by atoms with E-state index in [1.165, 1.54) is 0 Å². The van der Waals surface area contributed by atoms with Crippen LogP contribution in [0.4, 0.5) is 28.4 Å². The lowest BCUT2D eigenvalue weighted by Gasteiger charge is -2.32. The molecule has 4 aromatic carbocycles. The Labute approximate surface area is 347 Å². The van der Waals surface area contributed by atoms with Gasteiger partial charge in [-0.1, -0.05) is 12.1 Å². The number of H-pyrrole nitrogens is 1. The third kappa shape index (κ3) is 10.2. The number of aromatic carboxylic acids is 2. The Kier molecular flexibility index (Phi) is 13.7. The van der Waals surface area contributed by atoms with E-state index in [1.54, 1.807) is 80.4 Å². The molecule has 14 heteroatoms. The third-order valence-electron chi connectivity index (χ3n) is 10.3. The SMILES string of the molecule is CN(c1ccncc1)c1ccc(C(=O)N2CCC(n3c(=O)[nH]c4ccccc43)CC2)cc1.CN(c1ccncc1)c1ccc(C(=O)O)cc1.CNc1ccc(C(=O)O)cc1. The van der Waals surface area contributed by atoms with E-state index in [-0.39, 0.29) is 23.2 Å². The fraction of sp³-hybridized carbons (Fsp3) is 0.174. The molecule has 4 heterocycles. The zero-order valence-corrected chi connectivity index (χ0v) is 33.5. The fourth-order valence-corrected chi connectivity index (χ4v) is 6.81. The zero-order chi connectivity index (χ0) is 42.6. The molecule has 8 rings (SSSR count). The zero-order valence-electron chi connectivity index (χ0n) is 33.5. The number of pyridine rings is 2. The largest absolute Gasteiger partial charge is 0.478 e. The second-order valence-electron chi connectivity index (χ2n) is 13.9. The van der Waals surface area contributed by atoms with Crippen molar-refractivity contribution in [3.63, 3.8) is 0 Å². The van der Waals surface area contributed by atoms with Crippen molar-refractivity contribution in [1.29, 1.82) is 0 Å². The highest BCUT2D eigenvalue weighted by Gasteiger charge is 2.26. The van der Waals surface area contributed by atoms with Gasteiger partial charge in [-0.15, -0.1) is 0 Å². The number of benzene rings is 4. The molecule has 0 saturated carbocycles. The summed E-state index contributed by atoms with van der Waals surface area (Å²) in [5.74, 6) is -1.77. The summed E-state index contributed by atoms with van der Waals surface area (Å²) in [5.41, 5.74) is 7.87. The van der Waals surface area contributed by atoms with Crippen LogP contribution < -0.4 is 20.8 Å². The van der Waals surface area contributed by atoms with Gasteiger partial charge < -0.3 is 35.2 Å². The molecule has 0 radical (unpaired) electrons. The first-order chi connectivity index (χ1) is 29.0. The molecule has 0 aliphatic carbocycles. The molecular weight excluding hydrogens is 761 g/mol. The van der Waals surface area contributed by atoms with E-state index in [0.29, 0.717) is 24.2 Å². The lowest BCUT2D eigenvalue weighted by atomic mass is 10.0. The molecule has 14 nitrogen and oxygen atoms in total. The Morgan fingerprint density at radius 1 is 0.633 bits per heavy atom. The van der Waals surface area contributed by atoms with Crippen LogP contribution in [0, 0.1) is 0 Å². The van der Waals surface area contributed by atoms with E-state index >= 15 is 0 Å². The molecule has 4 N–H and O–H groups in total. The predicted octanol–water partition coefficient (Wildman–Crippen LogP) is 7.94. The molecule has 1 fully saturated rings. The summed E-state index contributed by atoms with van der Waals surface area (Å²) in [5, 5.41) is 20.2. The number of rotatable bonds is 9. The average molecular weight is 807 g/mol. The predicted molar refractivity (Wildman–Crippen MR) is 234 cm³/mol. The van der Waals surface area contributed by atoms with E-state index in [0.717, 1.165) is 52.3 Å². The number of aromatic nitrogens is 4. The monoisotopic (exact) mass is 806 g/mol. The highest BCUT2D eigenvalue weighted by molar-refractivity contribution is 5.95. The average Bonchev–Trinajstić information content (AvgIpc) is 3.65. The number of piperidine rings is 1. The van der Waals surface area contributed by atoms with Crippen LogP contribution in [0.3, 0.4) is 0 Å². The Morgan fingerprint density at radius 2 is 1.07 bits per heavy atom. The summed E-state index contributed by atoms with van der Waals surface area (Å²) in [6, 6.07) is 36.5. The first-order valence-corrected chi connectivity index (χ1v) is 19.2. The number of para-hydroxylation sites is 2. The Morgan fingerprint density at radius 3 is 1.53 bits per heavy atom. The van der Waals surface area contributed by atoms with E-state index in [9.17, 15) is 19.2 Å². The Hall–Kier alpha value is -7.74. The molecular formula is C46H46N8O6. The minimum absolute atomic E-state index is 0.0350. The lowest BCUT2D eigenvalue weighted by Crippen LogP contribution is -2.40. The molecule has 0 bridgehead atoms. The minimum Gasteiger partial charge on any atom is -0.478 e. The highest BCUT2D eigenvalue weighted by Crippen LogP contribution is 2.28. The minimum atomic E-state index is -0.914. The maximum absolute atomic E-state index is 13.1. The van der Waals surface area contributed by atoms with Gasteiger partial charge in [0.25, 0.3) is 5.91 Å². The molecule has 60 heavy (non-hydrogen) atoms. The third-order valence-corrected chi connectivity index (χ3v) is 10.3. The molecule has 3 aromatic heterocycles. The number of anilines is 5. The van der Waals surface area contributed by atoms with Crippen molar-refractivity contribution in [2.45, 2.75) is 18.9 Å². The van der Waals surface area contributed by atoms with Gasteiger partial charge in [0.1, 0.15) is 0 Å². The number of nitrogens with zero attached hydrogens (tertiary/aromatic N) is 6. The smallest absolute Gasteiger partial charge is 0.335 e. The van der Waals surface area contributed by atoms with Gasteiger partial charge in [0, 0.05) is 99.1 Å². The van der Waals surface area contributed by atoms with Gasteiger partial charge in [-0.25, -0.2) is 14.4 Å². The van der Waals surface area contributed by atoms with Crippen LogP contribution in [0.15, 0.2) is 151 Å². The van der Waals surface area contributed by atoms with E-state index in [4.69, 9.17) is 10.2 Å². The topological polar surface area (TPSA) is 177 Å². The molecule has 1 aliphatic rings. The van der Waals surface area contributed by atoms with Gasteiger partial charge >= 0.3 is 17.6 Å². The highest BCUT2D eigenvalue weighted by atomic mass is 16.4. The quantitative estimate of drug-likeness (QED) is 0.111. The Balaban J connectivity index is 0.000000179. The number of aromatic amines is 1. The van der Waals surface area contributed by atoms with E-state index < -0.39 is 11.9 Å². The number of carboxylic acid groups (broad SMARTS) is 2. The first-order valence-electron chi connectivity index (χ1n) is 19.2. The number of likely N-dealkylation sites (tertiary alicyclic amines) is 1. The van der Waals surface area contributed by atoms with Crippen LogP contribution >= 0.6 is 0 Å². The van der Waals surface area contributed by atoms with Crippen molar-refractivity contribution in [1.82, 2.24) is 24.4 Å². The van der Waals surface area contributed by atoms with Crippen LogP contribution in [0.5, 0.6) is 0 Å². The van der Waals surface area contributed by atoms with Crippen molar-refractivity contribution in [2.24, 2.45) is 0 Å². The molecule has 0 spiro atoms. The maximum Gasteiger partial charge on any atom is 0.335 e. The maximum atomic E-state index is 13.1. The first kappa shape index (κ1) is 41.9. The number of hydrogen-bond acceptors (Lipinski definition) is 9. The second kappa shape index (κ2) is 19.6.